The molecule has 0 fully saturated rings. The second kappa shape index (κ2) is 7.34. The molecule has 3 aromatic heterocycles. The molecule has 3 heterocycles. The number of thiazole rings is 1. The van der Waals surface area contributed by atoms with Gasteiger partial charge < -0.3 is 0 Å². The predicted octanol–water partition coefficient (Wildman–Crippen LogP) is 4.97. The maximum atomic E-state index is 12.4. The van der Waals surface area contributed by atoms with Gasteiger partial charge in [-0.05, 0) is 23.4 Å². The highest BCUT2D eigenvalue weighted by Gasteiger charge is 2.11. The molecule has 0 aliphatic rings. The number of fused-ring (bicyclic) bond motifs is 1. The van der Waals surface area contributed by atoms with E-state index in [1.165, 1.54) is 16.9 Å². The van der Waals surface area contributed by atoms with Crippen LogP contribution >= 0.6 is 34.4 Å². The molecular weight excluding hydrogens is 382 g/mol. The average molecular weight is 400 g/mol. The summed E-state index contributed by atoms with van der Waals surface area (Å²) in [6, 6.07) is 10.5. The summed E-state index contributed by atoms with van der Waals surface area (Å²) in [5.41, 5.74) is 4.28. The van der Waals surface area contributed by atoms with Crippen LogP contribution in [0.25, 0.3) is 20.8 Å². The molecule has 0 amide bonds. The van der Waals surface area contributed by atoms with Gasteiger partial charge in [-0.15, -0.1) is 22.7 Å². The van der Waals surface area contributed by atoms with Crippen molar-refractivity contribution in [1.82, 2.24) is 14.5 Å². The lowest BCUT2D eigenvalue weighted by molar-refractivity contribution is 0.727. The van der Waals surface area contributed by atoms with Gasteiger partial charge in [0.15, 0.2) is 5.16 Å². The van der Waals surface area contributed by atoms with Gasteiger partial charge in [0.1, 0.15) is 9.71 Å². The maximum Gasteiger partial charge on any atom is 0.271 e. The summed E-state index contributed by atoms with van der Waals surface area (Å²) in [5, 5.41) is 5.74. The van der Waals surface area contributed by atoms with Gasteiger partial charge in [0, 0.05) is 23.7 Å². The summed E-state index contributed by atoms with van der Waals surface area (Å²) in [6.45, 7) is 2.16. The van der Waals surface area contributed by atoms with Gasteiger partial charge in [-0.3, -0.25) is 9.36 Å². The molecule has 4 aromatic rings. The van der Waals surface area contributed by atoms with Crippen molar-refractivity contribution in [2.75, 3.05) is 0 Å². The van der Waals surface area contributed by atoms with E-state index in [9.17, 15) is 4.79 Å². The quantitative estimate of drug-likeness (QED) is 0.351. The SMILES string of the molecule is CCc1ccc(-c2nc(CSc3nc4ccsc4c(=O)n3C)cs2)cc1. The lowest BCUT2D eigenvalue weighted by atomic mass is 10.1. The first-order valence-electron chi connectivity index (χ1n) is 8.26. The van der Waals surface area contributed by atoms with Crippen molar-refractivity contribution in [2.24, 2.45) is 7.05 Å². The Hall–Kier alpha value is -1.96. The number of hydrogen-bond acceptors (Lipinski definition) is 6. The van der Waals surface area contributed by atoms with Crippen LogP contribution in [0, 0.1) is 0 Å². The highest BCUT2D eigenvalue weighted by molar-refractivity contribution is 7.98. The van der Waals surface area contributed by atoms with Crippen molar-refractivity contribution >= 4 is 44.7 Å². The Labute approximate surface area is 163 Å². The smallest absolute Gasteiger partial charge is 0.271 e. The molecule has 4 nitrogen and oxygen atoms in total. The van der Waals surface area contributed by atoms with Gasteiger partial charge in [0.2, 0.25) is 0 Å². The molecule has 0 atom stereocenters. The summed E-state index contributed by atoms with van der Waals surface area (Å²) in [4.78, 5) is 21.7. The zero-order valence-corrected chi connectivity index (χ0v) is 16.9. The van der Waals surface area contributed by atoms with Crippen LogP contribution < -0.4 is 5.56 Å². The molecular formula is C19H17N3OS3. The van der Waals surface area contributed by atoms with Gasteiger partial charge >= 0.3 is 0 Å². The first-order valence-corrected chi connectivity index (χ1v) is 11.0. The number of nitrogens with zero attached hydrogens (tertiary/aromatic N) is 3. The van der Waals surface area contributed by atoms with Crippen molar-refractivity contribution in [3.8, 4) is 10.6 Å². The van der Waals surface area contributed by atoms with Crippen molar-refractivity contribution in [1.29, 1.82) is 0 Å². The zero-order valence-electron chi connectivity index (χ0n) is 14.4. The van der Waals surface area contributed by atoms with Crippen LogP contribution in [0.4, 0.5) is 0 Å². The fourth-order valence-corrected chi connectivity index (χ4v) is 5.23. The molecule has 1 aromatic carbocycles. The highest BCUT2D eigenvalue weighted by atomic mass is 32.2. The number of aromatic nitrogens is 3. The molecule has 7 heteroatoms. The summed E-state index contributed by atoms with van der Waals surface area (Å²) in [6.07, 6.45) is 1.04. The standard InChI is InChI=1S/C19H17N3OS3/c1-3-12-4-6-13(7-5-12)17-20-14(10-25-17)11-26-19-21-15-8-9-24-16(15)18(23)22(19)2/h4-10H,3,11H2,1-2H3. The van der Waals surface area contributed by atoms with Crippen LogP contribution in [0.5, 0.6) is 0 Å². The van der Waals surface area contributed by atoms with Crippen molar-refractivity contribution in [3.05, 3.63) is 62.7 Å². The lowest BCUT2D eigenvalue weighted by Crippen LogP contribution is -2.18. The monoisotopic (exact) mass is 399 g/mol. The van der Waals surface area contributed by atoms with Gasteiger partial charge in [0.25, 0.3) is 5.56 Å². The lowest BCUT2D eigenvalue weighted by Gasteiger charge is -2.05. The van der Waals surface area contributed by atoms with E-state index in [0.29, 0.717) is 10.5 Å². The van der Waals surface area contributed by atoms with E-state index in [1.54, 1.807) is 34.7 Å². The van der Waals surface area contributed by atoms with Crippen LogP contribution in [-0.2, 0) is 19.2 Å². The van der Waals surface area contributed by atoms with Crippen LogP contribution in [0.3, 0.4) is 0 Å². The largest absolute Gasteiger partial charge is 0.290 e. The summed E-state index contributed by atoms with van der Waals surface area (Å²) in [7, 11) is 1.78. The fraction of sp³-hybridized carbons (Fsp3) is 0.211. The number of thiophene rings is 1. The summed E-state index contributed by atoms with van der Waals surface area (Å²) >= 11 is 4.64. The molecule has 26 heavy (non-hydrogen) atoms. The number of aryl methyl sites for hydroxylation is 1. The molecule has 0 bridgehead atoms. The van der Waals surface area contributed by atoms with E-state index in [1.807, 2.05) is 11.4 Å². The van der Waals surface area contributed by atoms with E-state index in [0.717, 1.165) is 33.4 Å². The molecule has 0 spiro atoms. The minimum absolute atomic E-state index is 0.0162. The summed E-state index contributed by atoms with van der Waals surface area (Å²) < 4.78 is 2.34. The normalized spacial score (nSPS) is 11.3. The van der Waals surface area contributed by atoms with Crippen molar-refractivity contribution in [3.63, 3.8) is 0 Å². The van der Waals surface area contributed by atoms with E-state index in [4.69, 9.17) is 4.98 Å². The Bertz CT molecular complexity index is 1110. The van der Waals surface area contributed by atoms with Gasteiger partial charge in [-0.25, -0.2) is 9.97 Å². The Morgan fingerprint density at radius 3 is 2.69 bits per heavy atom. The molecule has 0 radical (unpaired) electrons. The third kappa shape index (κ3) is 3.34. The van der Waals surface area contributed by atoms with Gasteiger partial charge in [-0.2, -0.15) is 0 Å². The Morgan fingerprint density at radius 2 is 1.92 bits per heavy atom. The molecule has 0 aliphatic heterocycles. The molecule has 0 aliphatic carbocycles. The zero-order chi connectivity index (χ0) is 18.1. The topological polar surface area (TPSA) is 47.8 Å². The number of thioether (sulfide) groups is 1. The van der Waals surface area contributed by atoms with Gasteiger partial charge in [-0.1, -0.05) is 43.0 Å². The third-order valence-corrected chi connectivity index (χ3v) is 7.05. The minimum atomic E-state index is 0.0162. The maximum absolute atomic E-state index is 12.4. The number of benzene rings is 1. The van der Waals surface area contributed by atoms with E-state index in [2.05, 4.69) is 41.6 Å². The number of hydrogen-bond donors (Lipinski definition) is 0. The second-order valence-corrected chi connectivity index (χ2v) is 8.59. The predicted molar refractivity (Wildman–Crippen MR) is 111 cm³/mol. The average Bonchev–Trinajstić information content (AvgIpc) is 3.33. The van der Waals surface area contributed by atoms with Gasteiger partial charge in [0.05, 0.1) is 11.2 Å². The van der Waals surface area contributed by atoms with E-state index < -0.39 is 0 Å². The van der Waals surface area contributed by atoms with E-state index in [-0.39, 0.29) is 5.56 Å². The van der Waals surface area contributed by atoms with Crippen molar-refractivity contribution in [2.45, 2.75) is 24.3 Å². The highest BCUT2D eigenvalue weighted by Crippen LogP contribution is 2.28. The van der Waals surface area contributed by atoms with E-state index >= 15 is 0 Å². The number of rotatable bonds is 5. The van der Waals surface area contributed by atoms with Crippen LogP contribution in [0.2, 0.25) is 0 Å². The second-order valence-electron chi connectivity index (χ2n) is 5.88. The first-order chi connectivity index (χ1) is 12.7. The Kier molecular flexibility index (Phi) is 4.93. The molecule has 132 valence electrons. The van der Waals surface area contributed by atoms with Crippen LogP contribution in [-0.4, -0.2) is 14.5 Å². The van der Waals surface area contributed by atoms with Crippen molar-refractivity contribution < 1.29 is 0 Å². The molecule has 0 saturated heterocycles. The molecule has 0 N–H and O–H groups in total. The van der Waals surface area contributed by atoms with Crippen LogP contribution in [0.15, 0.2) is 51.0 Å². The third-order valence-electron chi connectivity index (χ3n) is 4.16. The first kappa shape index (κ1) is 17.5. The Morgan fingerprint density at radius 1 is 1.12 bits per heavy atom. The molecule has 4 rings (SSSR count). The van der Waals surface area contributed by atoms with Crippen LogP contribution in [0.1, 0.15) is 18.2 Å². The minimum Gasteiger partial charge on any atom is -0.290 e. The molecule has 0 unspecified atom stereocenters. The Balaban J connectivity index is 1.53. The summed E-state index contributed by atoms with van der Waals surface area (Å²) in [5.74, 6) is 0.694. The fourth-order valence-electron chi connectivity index (χ4n) is 2.62. The molecule has 0 saturated carbocycles.